The fourth-order valence-electron chi connectivity index (χ4n) is 3.27. The average Bonchev–Trinajstić information content (AvgIpc) is 2.91. The minimum atomic E-state index is -0.472. The van der Waals surface area contributed by atoms with Crippen molar-refractivity contribution < 1.29 is 9.53 Å². The molecule has 0 bridgehead atoms. The number of carbonyl (C=O) groups is 1. The standard InChI is InChI=1S/C22H23NO2/c1-5-20(22(2,3)4)23-21(24)25-14-19-17-12-8-6-10-15(17)16-11-7-9-13-18(16)19/h1,6-13,19-20H,14H2,2-4H3,(H,23,24)/t20-/m0/s1. The van der Waals surface area contributed by atoms with Crippen LogP contribution in [0.3, 0.4) is 0 Å². The molecular weight excluding hydrogens is 310 g/mol. The molecule has 0 radical (unpaired) electrons. The van der Waals surface area contributed by atoms with Crippen LogP contribution in [0.25, 0.3) is 11.1 Å². The molecule has 0 heterocycles. The second kappa shape index (κ2) is 6.64. The van der Waals surface area contributed by atoms with E-state index in [0.717, 1.165) is 0 Å². The molecule has 3 rings (SSSR count). The lowest BCUT2D eigenvalue weighted by molar-refractivity contribution is 0.135. The van der Waals surface area contributed by atoms with Gasteiger partial charge in [-0.1, -0.05) is 75.2 Å². The van der Waals surface area contributed by atoms with E-state index in [-0.39, 0.29) is 17.4 Å². The number of rotatable bonds is 3. The summed E-state index contributed by atoms with van der Waals surface area (Å²) in [5.41, 5.74) is 4.59. The smallest absolute Gasteiger partial charge is 0.408 e. The fraction of sp³-hybridized carbons (Fsp3) is 0.318. The Morgan fingerprint density at radius 1 is 1.12 bits per heavy atom. The van der Waals surface area contributed by atoms with Crippen LogP contribution in [0.5, 0.6) is 0 Å². The zero-order valence-electron chi connectivity index (χ0n) is 14.9. The van der Waals surface area contributed by atoms with Gasteiger partial charge in [-0.15, -0.1) is 6.42 Å². The minimum absolute atomic E-state index is 0.0528. The van der Waals surface area contributed by atoms with Gasteiger partial charge in [0.25, 0.3) is 0 Å². The minimum Gasteiger partial charge on any atom is -0.449 e. The molecule has 3 nitrogen and oxygen atoms in total. The summed E-state index contributed by atoms with van der Waals surface area (Å²) in [6, 6.07) is 16.2. The lowest BCUT2D eigenvalue weighted by atomic mass is 9.87. The van der Waals surface area contributed by atoms with E-state index in [0.29, 0.717) is 6.61 Å². The molecule has 2 aromatic rings. The molecular formula is C22H23NO2. The largest absolute Gasteiger partial charge is 0.449 e. The molecule has 1 amide bonds. The Labute approximate surface area is 149 Å². The van der Waals surface area contributed by atoms with Gasteiger partial charge in [0.15, 0.2) is 0 Å². The first kappa shape index (κ1) is 17.1. The topological polar surface area (TPSA) is 38.3 Å². The number of hydrogen-bond donors (Lipinski definition) is 1. The van der Waals surface area contributed by atoms with Gasteiger partial charge in [0.05, 0.1) is 6.04 Å². The number of nitrogens with one attached hydrogen (secondary N) is 1. The van der Waals surface area contributed by atoms with E-state index in [1.807, 2.05) is 45.0 Å². The highest BCUT2D eigenvalue weighted by Crippen LogP contribution is 2.44. The lowest BCUT2D eigenvalue weighted by Crippen LogP contribution is -2.43. The molecule has 1 aliphatic rings. The van der Waals surface area contributed by atoms with Gasteiger partial charge in [-0.3, -0.25) is 0 Å². The number of fused-ring (bicyclic) bond motifs is 3. The van der Waals surface area contributed by atoms with E-state index < -0.39 is 6.09 Å². The van der Waals surface area contributed by atoms with Crippen molar-refractivity contribution in [3.05, 3.63) is 59.7 Å². The van der Waals surface area contributed by atoms with Crippen LogP contribution >= 0.6 is 0 Å². The summed E-state index contributed by atoms with van der Waals surface area (Å²) >= 11 is 0. The Bertz CT molecular complexity index is 781. The lowest BCUT2D eigenvalue weighted by Gasteiger charge is -2.27. The van der Waals surface area contributed by atoms with Crippen LogP contribution in [0, 0.1) is 17.8 Å². The Hall–Kier alpha value is -2.73. The van der Waals surface area contributed by atoms with Crippen LogP contribution in [-0.2, 0) is 4.74 Å². The molecule has 0 saturated heterocycles. The molecule has 1 atom stereocenters. The van der Waals surface area contributed by atoms with Crippen LogP contribution in [0.4, 0.5) is 4.79 Å². The van der Waals surface area contributed by atoms with Crippen molar-refractivity contribution in [3.63, 3.8) is 0 Å². The zero-order chi connectivity index (χ0) is 18.0. The molecule has 25 heavy (non-hydrogen) atoms. The summed E-state index contributed by atoms with van der Waals surface area (Å²) in [7, 11) is 0. The molecule has 0 saturated carbocycles. The van der Waals surface area contributed by atoms with E-state index >= 15 is 0 Å². The van der Waals surface area contributed by atoms with Crippen LogP contribution in [0.1, 0.15) is 37.8 Å². The van der Waals surface area contributed by atoms with E-state index in [2.05, 4.69) is 35.5 Å². The summed E-state index contributed by atoms with van der Waals surface area (Å²) in [5.74, 6) is 2.67. The molecule has 0 fully saturated rings. The molecule has 1 aliphatic carbocycles. The quantitative estimate of drug-likeness (QED) is 0.835. The van der Waals surface area contributed by atoms with Crippen molar-refractivity contribution in [2.24, 2.45) is 5.41 Å². The molecule has 3 heteroatoms. The summed E-state index contributed by atoms with van der Waals surface area (Å²) in [6.45, 7) is 6.26. The first-order valence-corrected chi connectivity index (χ1v) is 8.49. The SMILES string of the molecule is C#C[C@H](NC(=O)OCC1c2ccccc2-c2ccccc21)C(C)(C)C. The van der Waals surface area contributed by atoms with Crippen molar-refractivity contribution >= 4 is 6.09 Å². The number of hydrogen-bond acceptors (Lipinski definition) is 2. The van der Waals surface area contributed by atoms with Crippen molar-refractivity contribution in [3.8, 4) is 23.5 Å². The molecule has 128 valence electrons. The van der Waals surface area contributed by atoms with Crippen LogP contribution in [-0.4, -0.2) is 18.7 Å². The van der Waals surface area contributed by atoms with Crippen molar-refractivity contribution in [2.45, 2.75) is 32.7 Å². The molecule has 2 aromatic carbocycles. The maximum Gasteiger partial charge on any atom is 0.408 e. The second-order valence-electron chi connectivity index (χ2n) is 7.44. The monoisotopic (exact) mass is 333 g/mol. The van der Waals surface area contributed by atoms with Gasteiger partial charge in [-0.05, 0) is 27.7 Å². The molecule has 1 N–H and O–H groups in total. The molecule has 0 spiro atoms. The van der Waals surface area contributed by atoms with Gasteiger partial charge in [0.1, 0.15) is 6.61 Å². The number of benzene rings is 2. The maximum absolute atomic E-state index is 12.2. The highest BCUT2D eigenvalue weighted by atomic mass is 16.5. The van der Waals surface area contributed by atoms with Gasteiger partial charge in [0, 0.05) is 5.92 Å². The van der Waals surface area contributed by atoms with Crippen molar-refractivity contribution in [1.82, 2.24) is 5.32 Å². The number of carbonyl (C=O) groups excluding carboxylic acids is 1. The van der Waals surface area contributed by atoms with Crippen LogP contribution in [0.15, 0.2) is 48.5 Å². The Morgan fingerprint density at radius 2 is 1.64 bits per heavy atom. The van der Waals surface area contributed by atoms with Crippen molar-refractivity contribution in [2.75, 3.05) is 6.61 Å². The summed E-state index contributed by atoms with van der Waals surface area (Å²) < 4.78 is 5.52. The average molecular weight is 333 g/mol. The highest BCUT2D eigenvalue weighted by molar-refractivity contribution is 5.79. The molecule has 0 aliphatic heterocycles. The molecule has 0 unspecified atom stereocenters. The summed E-state index contributed by atoms with van der Waals surface area (Å²) in [4.78, 5) is 12.2. The Morgan fingerprint density at radius 3 is 2.12 bits per heavy atom. The number of terminal acetylenes is 1. The number of alkyl carbamates (subject to hydrolysis) is 1. The van der Waals surface area contributed by atoms with Gasteiger partial charge >= 0.3 is 6.09 Å². The Balaban J connectivity index is 1.74. The zero-order valence-corrected chi connectivity index (χ0v) is 14.9. The normalized spacial score (nSPS) is 14.2. The van der Waals surface area contributed by atoms with E-state index in [4.69, 9.17) is 11.2 Å². The predicted molar refractivity (Wildman–Crippen MR) is 100 cm³/mol. The Kier molecular flexibility index (Phi) is 4.55. The van der Waals surface area contributed by atoms with E-state index in [9.17, 15) is 4.79 Å². The van der Waals surface area contributed by atoms with Crippen LogP contribution in [0.2, 0.25) is 0 Å². The van der Waals surface area contributed by atoms with Crippen molar-refractivity contribution in [1.29, 1.82) is 0 Å². The maximum atomic E-state index is 12.2. The predicted octanol–water partition coefficient (Wildman–Crippen LogP) is 4.57. The van der Waals surface area contributed by atoms with Gasteiger partial charge in [0.2, 0.25) is 0 Å². The fourth-order valence-corrected chi connectivity index (χ4v) is 3.27. The van der Waals surface area contributed by atoms with Gasteiger partial charge in [-0.2, -0.15) is 0 Å². The van der Waals surface area contributed by atoms with E-state index in [1.54, 1.807) is 0 Å². The molecule has 0 aromatic heterocycles. The third kappa shape index (κ3) is 3.39. The first-order valence-electron chi connectivity index (χ1n) is 8.49. The van der Waals surface area contributed by atoms with Crippen LogP contribution < -0.4 is 5.32 Å². The second-order valence-corrected chi connectivity index (χ2v) is 7.44. The summed E-state index contributed by atoms with van der Waals surface area (Å²) in [6.07, 6.45) is 5.06. The van der Waals surface area contributed by atoms with E-state index in [1.165, 1.54) is 22.3 Å². The van der Waals surface area contributed by atoms with Gasteiger partial charge in [-0.25, -0.2) is 4.79 Å². The van der Waals surface area contributed by atoms with Gasteiger partial charge < -0.3 is 10.1 Å². The number of amides is 1. The number of ether oxygens (including phenoxy) is 1. The summed E-state index contributed by atoms with van der Waals surface area (Å²) in [5, 5.41) is 2.78. The highest BCUT2D eigenvalue weighted by Gasteiger charge is 2.30. The third-order valence-corrected chi connectivity index (χ3v) is 4.64. The third-order valence-electron chi connectivity index (χ3n) is 4.64. The first-order chi connectivity index (χ1) is 11.9.